The van der Waals surface area contributed by atoms with Crippen LogP contribution < -0.4 is 0 Å². The Kier molecular flexibility index (Phi) is 3.91. The molecule has 1 amide bonds. The van der Waals surface area contributed by atoms with E-state index in [2.05, 4.69) is 0 Å². The molecule has 0 atom stereocenters. The third-order valence-corrected chi connectivity index (χ3v) is 2.90. The molecule has 0 aliphatic carbocycles. The van der Waals surface area contributed by atoms with E-state index in [0.717, 1.165) is 0 Å². The van der Waals surface area contributed by atoms with Gasteiger partial charge in [0.05, 0.1) is 18.4 Å². The van der Waals surface area contributed by atoms with Gasteiger partial charge in [0, 0.05) is 26.1 Å². The van der Waals surface area contributed by atoms with Crippen LogP contribution in [0.5, 0.6) is 0 Å². The van der Waals surface area contributed by atoms with Gasteiger partial charge in [0.2, 0.25) is 5.91 Å². The molecule has 1 saturated heterocycles. The molecule has 0 radical (unpaired) electrons. The average Bonchev–Trinajstić information content (AvgIpc) is 2.09. The highest BCUT2D eigenvalue weighted by atomic mass is 16.5. The zero-order valence-electron chi connectivity index (χ0n) is 10.0. The molecule has 5 nitrogen and oxygen atoms in total. The van der Waals surface area contributed by atoms with Crippen LogP contribution in [0.3, 0.4) is 0 Å². The monoisotopic (exact) mass is 229 g/mol. The van der Waals surface area contributed by atoms with E-state index in [1.54, 1.807) is 12.0 Å². The van der Waals surface area contributed by atoms with Crippen molar-refractivity contribution in [2.45, 2.75) is 32.3 Å². The summed E-state index contributed by atoms with van der Waals surface area (Å²) in [5, 5.41) is 8.57. The summed E-state index contributed by atoms with van der Waals surface area (Å²) < 4.78 is 5.18. The number of nitrogens with zero attached hydrogens (tertiary/aromatic N) is 1. The van der Waals surface area contributed by atoms with Crippen molar-refractivity contribution < 1.29 is 19.4 Å². The first-order chi connectivity index (χ1) is 7.34. The van der Waals surface area contributed by atoms with Crippen molar-refractivity contribution in [2.75, 3.05) is 20.2 Å². The summed E-state index contributed by atoms with van der Waals surface area (Å²) in [5.41, 5.74) is -0.449. The van der Waals surface area contributed by atoms with Gasteiger partial charge in [0.15, 0.2) is 0 Å². The third kappa shape index (κ3) is 3.48. The fraction of sp³-hybridized carbons (Fsp3) is 0.818. The van der Waals surface area contributed by atoms with Crippen LogP contribution in [-0.2, 0) is 14.3 Å². The van der Waals surface area contributed by atoms with Crippen molar-refractivity contribution in [1.82, 2.24) is 4.90 Å². The number of aliphatic carboxylic acids is 1. The number of carboxylic acid groups (broad SMARTS) is 1. The summed E-state index contributed by atoms with van der Waals surface area (Å²) in [4.78, 5) is 23.8. The number of likely N-dealkylation sites (tertiary alicyclic amines) is 1. The predicted molar refractivity (Wildman–Crippen MR) is 58.0 cm³/mol. The highest BCUT2D eigenvalue weighted by molar-refractivity contribution is 5.78. The van der Waals surface area contributed by atoms with E-state index in [4.69, 9.17) is 9.84 Å². The minimum Gasteiger partial charge on any atom is -0.481 e. The van der Waals surface area contributed by atoms with Crippen LogP contribution in [0.4, 0.5) is 0 Å². The Morgan fingerprint density at radius 2 is 2.00 bits per heavy atom. The number of amides is 1. The Hall–Kier alpha value is -1.10. The van der Waals surface area contributed by atoms with Gasteiger partial charge in [-0.25, -0.2) is 0 Å². The number of carboxylic acids is 1. The number of hydrogen-bond donors (Lipinski definition) is 1. The molecular weight excluding hydrogens is 210 g/mol. The van der Waals surface area contributed by atoms with Gasteiger partial charge < -0.3 is 14.7 Å². The Bertz CT molecular complexity index is 282. The van der Waals surface area contributed by atoms with Crippen LogP contribution in [0.1, 0.15) is 26.7 Å². The molecule has 0 aromatic heterocycles. The number of methoxy groups -OCH3 is 1. The van der Waals surface area contributed by atoms with Gasteiger partial charge >= 0.3 is 5.97 Å². The molecule has 0 aromatic carbocycles. The van der Waals surface area contributed by atoms with E-state index in [0.29, 0.717) is 19.5 Å². The quantitative estimate of drug-likeness (QED) is 0.755. The van der Waals surface area contributed by atoms with Crippen molar-refractivity contribution in [2.24, 2.45) is 5.92 Å². The third-order valence-electron chi connectivity index (χ3n) is 2.90. The lowest BCUT2D eigenvalue weighted by molar-refractivity contribution is -0.148. The molecule has 0 bridgehead atoms. The highest BCUT2D eigenvalue weighted by Gasteiger charge is 2.34. The molecule has 0 aromatic rings. The van der Waals surface area contributed by atoms with Gasteiger partial charge in [0.25, 0.3) is 0 Å². The molecule has 1 rings (SSSR count). The van der Waals surface area contributed by atoms with Gasteiger partial charge in [-0.05, 0) is 13.8 Å². The van der Waals surface area contributed by atoms with E-state index in [1.807, 2.05) is 13.8 Å². The molecule has 1 fully saturated rings. The first kappa shape index (κ1) is 13.0. The van der Waals surface area contributed by atoms with Gasteiger partial charge in [-0.3, -0.25) is 9.59 Å². The lowest BCUT2D eigenvalue weighted by Crippen LogP contribution is -2.52. The maximum atomic E-state index is 11.7. The molecular formula is C11H19NO4. The van der Waals surface area contributed by atoms with Crippen molar-refractivity contribution in [3.8, 4) is 0 Å². The van der Waals surface area contributed by atoms with Gasteiger partial charge in [-0.2, -0.15) is 0 Å². The zero-order valence-corrected chi connectivity index (χ0v) is 10.0. The average molecular weight is 229 g/mol. The van der Waals surface area contributed by atoms with Crippen molar-refractivity contribution in [3.63, 3.8) is 0 Å². The summed E-state index contributed by atoms with van der Waals surface area (Å²) in [6.07, 6.45) is 0.487. The smallest absolute Gasteiger partial charge is 0.303 e. The minimum absolute atomic E-state index is 0.0356. The van der Waals surface area contributed by atoms with Crippen LogP contribution in [-0.4, -0.2) is 47.7 Å². The lowest BCUT2D eigenvalue weighted by Gasteiger charge is -2.40. The maximum absolute atomic E-state index is 11.7. The molecule has 1 N–H and O–H groups in total. The molecule has 16 heavy (non-hydrogen) atoms. The van der Waals surface area contributed by atoms with Gasteiger partial charge in [0.1, 0.15) is 0 Å². The standard InChI is InChI=1S/C11H19NO4/c1-11(2,16-3)5-9(13)12-6-8(7-12)4-10(14)15/h8H,4-7H2,1-3H3,(H,14,15). The highest BCUT2D eigenvalue weighted by Crippen LogP contribution is 2.23. The minimum atomic E-state index is -0.797. The second kappa shape index (κ2) is 4.82. The van der Waals surface area contributed by atoms with Crippen LogP contribution >= 0.6 is 0 Å². The van der Waals surface area contributed by atoms with E-state index in [1.165, 1.54) is 0 Å². The Balaban J connectivity index is 2.30. The SMILES string of the molecule is COC(C)(C)CC(=O)N1CC(CC(=O)O)C1. The number of hydrogen-bond acceptors (Lipinski definition) is 3. The molecule has 1 heterocycles. The predicted octanol–water partition coefficient (Wildman–Crippen LogP) is 0.735. The largest absolute Gasteiger partial charge is 0.481 e. The normalized spacial score (nSPS) is 17.1. The topological polar surface area (TPSA) is 66.8 Å². The molecule has 92 valence electrons. The van der Waals surface area contributed by atoms with E-state index >= 15 is 0 Å². The molecule has 1 aliphatic heterocycles. The van der Waals surface area contributed by atoms with Gasteiger partial charge in [-0.15, -0.1) is 0 Å². The molecule has 0 spiro atoms. The van der Waals surface area contributed by atoms with Crippen LogP contribution in [0.15, 0.2) is 0 Å². The fourth-order valence-electron chi connectivity index (χ4n) is 1.70. The number of carbonyl (C=O) groups is 2. The summed E-state index contributed by atoms with van der Waals surface area (Å²) >= 11 is 0. The number of rotatable bonds is 5. The van der Waals surface area contributed by atoms with E-state index in [-0.39, 0.29) is 18.2 Å². The molecule has 5 heteroatoms. The Morgan fingerprint density at radius 3 is 2.44 bits per heavy atom. The first-order valence-corrected chi connectivity index (χ1v) is 5.39. The van der Waals surface area contributed by atoms with Crippen molar-refractivity contribution in [3.05, 3.63) is 0 Å². The second-order valence-corrected chi connectivity index (χ2v) is 4.90. The van der Waals surface area contributed by atoms with E-state index < -0.39 is 11.6 Å². The molecule has 0 saturated carbocycles. The first-order valence-electron chi connectivity index (χ1n) is 5.39. The summed E-state index contributed by atoms with van der Waals surface area (Å²) in [6.45, 7) is 4.84. The molecule has 1 aliphatic rings. The van der Waals surface area contributed by atoms with Crippen LogP contribution in [0.25, 0.3) is 0 Å². The van der Waals surface area contributed by atoms with Crippen LogP contribution in [0.2, 0.25) is 0 Å². The second-order valence-electron chi connectivity index (χ2n) is 4.90. The summed E-state index contributed by atoms with van der Waals surface area (Å²) in [6, 6.07) is 0. The Morgan fingerprint density at radius 1 is 1.44 bits per heavy atom. The van der Waals surface area contributed by atoms with Gasteiger partial charge in [-0.1, -0.05) is 0 Å². The van der Waals surface area contributed by atoms with Crippen molar-refractivity contribution in [1.29, 1.82) is 0 Å². The fourth-order valence-corrected chi connectivity index (χ4v) is 1.70. The Labute approximate surface area is 95.4 Å². The molecule has 0 unspecified atom stereocenters. The summed E-state index contributed by atoms with van der Waals surface area (Å²) in [5.74, 6) is -0.644. The van der Waals surface area contributed by atoms with E-state index in [9.17, 15) is 9.59 Å². The number of ether oxygens (including phenoxy) is 1. The van der Waals surface area contributed by atoms with Crippen LogP contribution in [0, 0.1) is 5.92 Å². The lowest BCUT2D eigenvalue weighted by atomic mass is 9.94. The summed E-state index contributed by atoms with van der Waals surface area (Å²) in [7, 11) is 1.58. The zero-order chi connectivity index (χ0) is 12.3. The van der Waals surface area contributed by atoms with Crippen molar-refractivity contribution >= 4 is 11.9 Å². The maximum Gasteiger partial charge on any atom is 0.303 e. The number of carbonyl (C=O) groups excluding carboxylic acids is 1.